The summed E-state index contributed by atoms with van der Waals surface area (Å²) in [6.07, 6.45) is 0.638. The highest BCUT2D eigenvalue weighted by Crippen LogP contribution is 2.29. The summed E-state index contributed by atoms with van der Waals surface area (Å²) in [4.78, 5) is 55.7. The van der Waals surface area contributed by atoms with Crippen molar-refractivity contribution in [3.05, 3.63) is 72.3 Å². The number of ether oxygens (including phenoxy) is 1. The molecule has 43 heavy (non-hydrogen) atoms. The third kappa shape index (κ3) is 9.73. The molecule has 3 aromatic carbocycles. The second-order valence-electron chi connectivity index (χ2n) is 10.2. The van der Waals surface area contributed by atoms with Gasteiger partial charge in [0.25, 0.3) is 5.91 Å². The number of carbonyl (C=O) groups is 4. The predicted octanol–water partition coefficient (Wildman–Crippen LogP) is 1.90. The van der Waals surface area contributed by atoms with Crippen molar-refractivity contribution >= 4 is 46.0 Å². The first-order valence-electron chi connectivity index (χ1n) is 13.9. The van der Waals surface area contributed by atoms with E-state index in [-0.39, 0.29) is 24.8 Å². The summed E-state index contributed by atoms with van der Waals surface area (Å²) in [7, 11) is 1.55. The number of rotatable bonds is 14. The van der Waals surface area contributed by atoms with E-state index in [4.69, 9.17) is 16.2 Å². The number of nitrogens with two attached hydrogens (primary N) is 2. The Labute approximate surface area is 250 Å². The molecule has 0 heterocycles. The maximum Gasteiger partial charge on any atom is 0.251 e. The summed E-state index contributed by atoms with van der Waals surface area (Å²) in [5.41, 5.74) is 11.7. The minimum Gasteiger partial charge on any atom is -0.496 e. The van der Waals surface area contributed by atoms with E-state index in [0.717, 1.165) is 10.8 Å². The molecule has 0 aliphatic rings. The minimum absolute atomic E-state index is 0.0740. The number of nitrogens with zero attached hydrogens (tertiary/aromatic N) is 1. The van der Waals surface area contributed by atoms with Crippen LogP contribution in [-0.2, 0) is 14.4 Å². The quantitative estimate of drug-likeness (QED) is 0.0940. The monoisotopic (exact) mass is 589 g/mol. The van der Waals surface area contributed by atoms with Crippen molar-refractivity contribution in [2.45, 2.75) is 38.8 Å². The number of nitrogens with one attached hydrogen (secondary N) is 4. The number of hydrogen-bond donors (Lipinski definition) is 6. The number of amides is 4. The van der Waals surface area contributed by atoms with Gasteiger partial charge in [0, 0.05) is 29.2 Å². The van der Waals surface area contributed by atoms with Gasteiger partial charge in [0.1, 0.15) is 17.8 Å². The van der Waals surface area contributed by atoms with Gasteiger partial charge in [-0.3, -0.25) is 24.2 Å². The lowest BCUT2D eigenvalue weighted by Gasteiger charge is -2.22. The van der Waals surface area contributed by atoms with Crippen molar-refractivity contribution in [2.24, 2.45) is 22.4 Å². The molecule has 3 aromatic rings. The fourth-order valence-corrected chi connectivity index (χ4v) is 4.39. The van der Waals surface area contributed by atoms with Gasteiger partial charge in [-0.2, -0.15) is 0 Å². The van der Waals surface area contributed by atoms with E-state index in [1.165, 1.54) is 0 Å². The van der Waals surface area contributed by atoms with Crippen LogP contribution in [0.5, 0.6) is 5.75 Å². The molecule has 12 nitrogen and oxygen atoms in total. The molecule has 0 fully saturated rings. The number of guanidine groups is 1. The third-order valence-corrected chi connectivity index (χ3v) is 6.60. The Balaban J connectivity index is 1.66. The molecule has 0 unspecified atom stereocenters. The lowest BCUT2D eigenvalue weighted by Crippen LogP contribution is -2.53. The number of hydrogen-bond acceptors (Lipinski definition) is 6. The van der Waals surface area contributed by atoms with Gasteiger partial charge in [0.05, 0.1) is 13.7 Å². The normalized spacial score (nSPS) is 12.1. The van der Waals surface area contributed by atoms with Gasteiger partial charge in [-0.25, -0.2) is 0 Å². The van der Waals surface area contributed by atoms with Gasteiger partial charge < -0.3 is 37.5 Å². The number of carbonyl (C=O) groups excluding carboxylic acids is 4. The SMILES string of the molecule is COc1cc(NC(=O)[C@H](CCCN=C(N)N)NC(=O)CNC(=O)[C@@H](NC(=O)c2ccccc2)C(C)C)cc2ccccc12. The molecule has 0 aliphatic carbocycles. The second-order valence-corrected chi connectivity index (χ2v) is 10.2. The summed E-state index contributed by atoms with van der Waals surface area (Å²) in [6.45, 7) is 3.44. The van der Waals surface area contributed by atoms with Crippen molar-refractivity contribution in [3.63, 3.8) is 0 Å². The lowest BCUT2D eigenvalue weighted by atomic mass is 10.0. The maximum atomic E-state index is 13.3. The van der Waals surface area contributed by atoms with E-state index in [1.54, 1.807) is 57.4 Å². The maximum absolute atomic E-state index is 13.3. The Morgan fingerprint density at radius 3 is 2.28 bits per heavy atom. The number of aliphatic imine (C=N–C) groups is 1. The number of benzene rings is 3. The Morgan fingerprint density at radius 1 is 0.907 bits per heavy atom. The van der Waals surface area contributed by atoms with E-state index < -0.39 is 42.3 Å². The smallest absolute Gasteiger partial charge is 0.251 e. The molecule has 0 spiro atoms. The number of methoxy groups -OCH3 is 1. The average molecular weight is 590 g/mol. The molecule has 0 radical (unpaired) electrons. The highest BCUT2D eigenvalue weighted by Gasteiger charge is 2.26. The molecule has 12 heteroatoms. The van der Waals surface area contributed by atoms with E-state index in [9.17, 15) is 19.2 Å². The summed E-state index contributed by atoms with van der Waals surface area (Å²) in [5.74, 6) is -1.70. The highest BCUT2D eigenvalue weighted by molar-refractivity contribution is 6.01. The second kappa shape index (κ2) is 15.8. The van der Waals surface area contributed by atoms with Crippen LogP contribution >= 0.6 is 0 Å². The molecule has 0 aliphatic heterocycles. The zero-order valence-corrected chi connectivity index (χ0v) is 24.6. The molecule has 0 bridgehead atoms. The number of anilines is 1. The van der Waals surface area contributed by atoms with Gasteiger partial charge in [-0.15, -0.1) is 0 Å². The average Bonchev–Trinajstić information content (AvgIpc) is 2.99. The van der Waals surface area contributed by atoms with Crippen LogP contribution in [0.4, 0.5) is 5.69 Å². The third-order valence-electron chi connectivity index (χ3n) is 6.60. The van der Waals surface area contributed by atoms with E-state index in [1.807, 2.05) is 30.3 Å². The zero-order valence-electron chi connectivity index (χ0n) is 24.6. The molecular formula is C31H39N7O5. The van der Waals surface area contributed by atoms with Crippen LogP contribution in [-0.4, -0.2) is 61.9 Å². The van der Waals surface area contributed by atoms with Crippen LogP contribution in [0.25, 0.3) is 10.8 Å². The molecular weight excluding hydrogens is 550 g/mol. The minimum atomic E-state index is -0.949. The summed E-state index contributed by atoms with van der Waals surface area (Å²) < 4.78 is 5.49. The van der Waals surface area contributed by atoms with Gasteiger partial charge in [-0.1, -0.05) is 56.3 Å². The topological polar surface area (TPSA) is 190 Å². The Bertz CT molecular complexity index is 1460. The van der Waals surface area contributed by atoms with Crippen molar-refractivity contribution < 1.29 is 23.9 Å². The molecule has 4 amide bonds. The standard InChI is InChI=1S/C31H39N7O5/c1-19(2)27(38-28(40)20-10-5-4-6-11-20)30(42)35-18-26(39)37-24(14-9-15-34-31(32)33)29(41)36-22-16-21-12-7-8-13-23(21)25(17-22)43-3/h4-8,10-13,16-17,19,24,27H,9,14-15,18H2,1-3H3,(H,35,42)(H,36,41)(H,37,39)(H,38,40)(H4,32,33,34)/t24-,27-/m0/s1. The van der Waals surface area contributed by atoms with E-state index in [0.29, 0.717) is 23.4 Å². The molecule has 2 atom stereocenters. The van der Waals surface area contributed by atoms with E-state index >= 15 is 0 Å². The molecule has 3 rings (SSSR count). The summed E-state index contributed by atoms with van der Waals surface area (Å²) >= 11 is 0. The van der Waals surface area contributed by atoms with Gasteiger partial charge >= 0.3 is 0 Å². The van der Waals surface area contributed by atoms with Crippen molar-refractivity contribution in [2.75, 3.05) is 25.5 Å². The summed E-state index contributed by atoms with van der Waals surface area (Å²) in [5, 5.41) is 12.6. The van der Waals surface area contributed by atoms with E-state index in [2.05, 4.69) is 26.3 Å². The fraction of sp³-hybridized carbons (Fsp3) is 0.323. The molecule has 0 aromatic heterocycles. The first kappa shape index (κ1) is 32.4. The molecule has 0 saturated carbocycles. The lowest BCUT2D eigenvalue weighted by molar-refractivity contribution is -0.129. The van der Waals surface area contributed by atoms with Crippen molar-refractivity contribution in [1.29, 1.82) is 0 Å². The van der Waals surface area contributed by atoms with Crippen LogP contribution in [0.1, 0.15) is 37.0 Å². The first-order chi connectivity index (χ1) is 20.6. The Kier molecular flexibility index (Phi) is 11.9. The summed E-state index contributed by atoms with van der Waals surface area (Å²) in [6, 6.07) is 17.8. The highest BCUT2D eigenvalue weighted by atomic mass is 16.5. The van der Waals surface area contributed by atoms with Crippen LogP contribution in [0.15, 0.2) is 71.7 Å². The van der Waals surface area contributed by atoms with Gasteiger partial charge in [0.15, 0.2) is 5.96 Å². The van der Waals surface area contributed by atoms with Gasteiger partial charge in [0.2, 0.25) is 17.7 Å². The zero-order chi connectivity index (χ0) is 31.4. The first-order valence-corrected chi connectivity index (χ1v) is 13.9. The molecule has 0 saturated heterocycles. The van der Waals surface area contributed by atoms with Crippen LogP contribution in [0, 0.1) is 5.92 Å². The van der Waals surface area contributed by atoms with Gasteiger partial charge in [-0.05, 0) is 42.3 Å². The fourth-order valence-electron chi connectivity index (χ4n) is 4.39. The van der Waals surface area contributed by atoms with Crippen molar-refractivity contribution in [3.8, 4) is 5.75 Å². The molecule has 228 valence electrons. The Hall–Kier alpha value is -5.13. The van der Waals surface area contributed by atoms with Crippen LogP contribution in [0.2, 0.25) is 0 Å². The predicted molar refractivity (Wildman–Crippen MR) is 167 cm³/mol. The largest absolute Gasteiger partial charge is 0.496 e. The number of fused-ring (bicyclic) bond motifs is 1. The van der Waals surface area contributed by atoms with Crippen molar-refractivity contribution in [1.82, 2.24) is 16.0 Å². The van der Waals surface area contributed by atoms with Crippen LogP contribution in [0.3, 0.4) is 0 Å². The molecule has 8 N–H and O–H groups in total. The Morgan fingerprint density at radius 2 is 1.60 bits per heavy atom. The van der Waals surface area contributed by atoms with Crippen LogP contribution < -0.4 is 37.5 Å².